The lowest BCUT2D eigenvalue weighted by Gasteiger charge is -2.15. The first kappa shape index (κ1) is 16.0. The van der Waals surface area contributed by atoms with Crippen LogP contribution < -0.4 is 0 Å². The number of likely N-dealkylation sites (tertiary alicyclic amines) is 2. The molecule has 2 rings (SSSR count). The fraction of sp³-hybridized carbons (Fsp3) is 1.00. The Morgan fingerprint density at radius 2 is 0.778 bits per heavy atom. The summed E-state index contributed by atoms with van der Waals surface area (Å²) < 4.78 is 0. The van der Waals surface area contributed by atoms with Gasteiger partial charge < -0.3 is 9.80 Å². The van der Waals surface area contributed by atoms with Gasteiger partial charge in [0, 0.05) is 0 Å². The van der Waals surface area contributed by atoms with Crippen molar-refractivity contribution in [2.45, 2.75) is 65.2 Å². The molecule has 0 aromatic rings. The third kappa shape index (κ3) is 7.38. The van der Waals surface area contributed by atoms with E-state index >= 15 is 0 Å². The van der Waals surface area contributed by atoms with E-state index in [0.29, 0.717) is 0 Å². The van der Waals surface area contributed by atoms with E-state index in [4.69, 9.17) is 0 Å². The number of hydrogen-bond acceptors (Lipinski definition) is 2. The Kier molecular flexibility index (Phi) is 9.59. The topological polar surface area (TPSA) is 6.48 Å². The molecule has 0 spiro atoms. The first-order valence-corrected chi connectivity index (χ1v) is 8.31. The van der Waals surface area contributed by atoms with Gasteiger partial charge in [0.2, 0.25) is 0 Å². The molecule has 18 heavy (non-hydrogen) atoms. The maximum absolute atomic E-state index is 2.55. The minimum Gasteiger partial charge on any atom is -0.304 e. The normalized spacial score (nSPS) is 23.7. The largest absolute Gasteiger partial charge is 0.304 e. The molecule has 0 radical (unpaired) electrons. The Morgan fingerprint density at radius 1 is 0.500 bits per heavy atom. The SMILES string of the molecule is CCN1CCCCCC1.CCN1CCCCCC1. The molecule has 2 heteroatoms. The Bertz CT molecular complexity index is 146. The zero-order valence-electron chi connectivity index (χ0n) is 12.8. The van der Waals surface area contributed by atoms with Crippen LogP contribution in [0.4, 0.5) is 0 Å². The molecule has 0 atom stereocenters. The van der Waals surface area contributed by atoms with E-state index in [9.17, 15) is 0 Å². The van der Waals surface area contributed by atoms with Crippen molar-refractivity contribution in [3.05, 3.63) is 0 Å². The van der Waals surface area contributed by atoms with Gasteiger partial charge in [0.25, 0.3) is 0 Å². The molecule has 0 saturated carbocycles. The van der Waals surface area contributed by atoms with E-state index in [2.05, 4.69) is 23.6 Å². The molecule has 0 amide bonds. The predicted molar refractivity (Wildman–Crippen MR) is 81.2 cm³/mol. The number of nitrogens with zero attached hydrogens (tertiary/aromatic N) is 2. The first-order chi connectivity index (χ1) is 8.86. The summed E-state index contributed by atoms with van der Waals surface area (Å²) in [6, 6.07) is 0. The maximum Gasteiger partial charge on any atom is -0.00189 e. The molecule has 0 N–H and O–H groups in total. The molecule has 2 saturated heterocycles. The van der Waals surface area contributed by atoms with Crippen molar-refractivity contribution in [2.75, 3.05) is 39.3 Å². The molecule has 2 aliphatic heterocycles. The van der Waals surface area contributed by atoms with Crippen molar-refractivity contribution >= 4 is 0 Å². The highest BCUT2D eigenvalue weighted by Gasteiger charge is 2.05. The second kappa shape index (κ2) is 10.8. The van der Waals surface area contributed by atoms with Crippen LogP contribution in [0.3, 0.4) is 0 Å². The van der Waals surface area contributed by atoms with E-state index in [-0.39, 0.29) is 0 Å². The van der Waals surface area contributed by atoms with Gasteiger partial charge in [-0.2, -0.15) is 0 Å². The van der Waals surface area contributed by atoms with Crippen LogP contribution >= 0.6 is 0 Å². The van der Waals surface area contributed by atoms with Gasteiger partial charge in [-0.05, 0) is 65.0 Å². The summed E-state index contributed by atoms with van der Waals surface area (Å²) in [6.07, 6.45) is 11.5. The van der Waals surface area contributed by atoms with Crippen LogP contribution in [0.5, 0.6) is 0 Å². The summed E-state index contributed by atoms with van der Waals surface area (Å²) >= 11 is 0. The summed E-state index contributed by atoms with van der Waals surface area (Å²) in [5.74, 6) is 0. The fourth-order valence-electron chi connectivity index (χ4n) is 2.90. The molecule has 0 unspecified atom stereocenters. The van der Waals surface area contributed by atoms with Gasteiger partial charge in [0.15, 0.2) is 0 Å². The van der Waals surface area contributed by atoms with Crippen LogP contribution in [-0.4, -0.2) is 49.1 Å². The fourth-order valence-corrected chi connectivity index (χ4v) is 2.90. The molecule has 0 aromatic carbocycles. The van der Waals surface area contributed by atoms with Crippen LogP contribution in [0.25, 0.3) is 0 Å². The van der Waals surface area contributed by atoms with Crippen LogP contribution in [0.1, 0.15) is 65.2 Å². The van der Waals surface area contributed by atoms with Crippen molar-refractivity contribution in [2.24, 2.45) is 0 Å². The van der Waals surface area contributed by atoms with Gasteiger partial charge in [-0.15, -0.1) is 0 Å². The minimum absolute atomic E-state index is 1.25. The minimum atomic E-state index is 1.25. The van der Waals surface area contributed by atoms with E-state index in [1.54, 1.807) is 0 Å². The molecule has 2 heterocycles. The van der Waals surface area contributed by atoms with Crippen LogP contribution in [0.2, 0.25) is 0 Å². The monoisotopic (exact) mass is 254 g/mol. The summed E-state index contributed by atoms with van der Waals surface area (Å²) in [6.45, 7) is 12.4. The van der Waals surface area contributed by atoms with Crippen molar-refractivity contribution in [1.82, 2.24) is 9.80 Å². The van der Waals surface area contributed by atoms with Gasteiger partial charge in [-0.1, -0.05) is 39.5 Å². The summed E-state index contributed by atoms with van der Waals surface area (Å²) in [7, 11) is 0. The molecular weight excluding hydrogens is 220 g/mol. The summed E-state index contributed by atoms with van der Waals surface area (Å²) in [5.41, 5.74) is 0. The average molecular weight is 254 g/mol. The first-order valence-electron chi connectivity index (χ1n) is 8.31. The zero-order valence-corrected chi connectivity index (χ0v) is 12.8. The Labute approximate surface area is 115 Å². The van der Waals surface area contributed by atoms with Crippen molar-refractivity contribution in [3.63, 3.8) is 0 Å². The lowest BCUT2D eigenvalue weighted by atomic mass is 10.2. The smallest absolute Gasteiger partial charge is 0.00189 e. The highest BCUT2D eigenvalue weighted by Crippen LogP contribution is 2.09. The van der Waals surface area contributed by atoms with Crippen LogP contribution in [0.15, 0.2) is 0 Å². The third-order valence-corrected chi connectivity index (χ3v) is 4.29. The lowest BCUT2D eigenvalue weighted by molar-refractivity contribution is 0.301. The molecule has 2 nitrogen and oxygen atoms in total. The molecule has 0 bridgehead atoms. The lowest BCUT2D eigenvalue weighted by Crippen LogP contribution is -2.23. The number of rotatable bonds is 2. The second-order valence-corrected chi connectivity index (χ2v) is 5.70. The van der Waals surface area contributed by atoms with E-state index in [1.165, 1.54) is 90.6 Å². The Balaban J connectivity index is 0.000000180. The standard InChI is InChI=1S/2C8H17N/c2*1-2-9-7-5-3-4-6-8-9/h2*2-8H2,1H3. The second-order valence-electron chi connectivity index (χ2n) is 5.70. The molecule has 108 valence electrons. The zero-order chi connectivity index (χ0) is 13.1. The molecule has 0 aliphatic carbocycles. The van der Waals surface area contributed by atoms with Gasteiger partial charge in [-0.25, -0.2) is 0 Å². The molecular formula is C16H34N2. The van der Waals surface area contributed by atoms with Gasteiger partial charge in [0.1, 0.15) is 0 Å². The third-order valence-electron chi connectivity index (χ3n) is 4.29. The Hall–Kier alpha value is -0.0800. The van der Waals surface area contributed by atoms with Crippen LogP contribution in [0, 0.1) is 0 Å². The predicted octanol–water partition coefficient (Wildman–Crippen LogP) is 3.76. The molecule has 2 aliphatic rings. The quantitative estimate of drug-likeness (QED) is 0.740. The summed E-state index contributed by atoms with van der Waals surface area (Å²) in [4.78, 5) is 5.10. The van der Waals surface area contributed by atoms with Crippen molar-refractivity contribution < 1.29 is 0 Å². The maximum atomic E-state index is 2.55. The van der Waals surface area contributed by atoms with E-state index < -0.39 is 0 Å². The van der Waals surface area contributed by atoms with E-state index in [1.807, 2.05) is 0 Å². The average Bonchev–Trinajstić information content (AvgIpc) is 2.83. The number of hydrogen-bond donors (Lipinski definition) is 0. The van der Waals surface area contributed by atoms with E-state index in [0.717, 1.165) is 0 Å². The van der Waals surface area contributed by atoms with Gasteiger partial charge >= 0.3 is 0 Å². The van der Waals surface area contributed by atoms with Crippen molar-refractivity contribution in [1.29, 1.82) is 0 Å². The Morgan fingerprint density at radius 3 is 1.00 bits per heavy atom. The molecule has 0 aromatic heterocycles. The highest BCUT2D eigenvalue weighted by atomic mass is 15.1. The van der Waals surface area contributed by atoms with Gasteiger partial charge in [-0.3, -0.25) is 0 Å². The van der Waals surface area contributed by atoms with Crippen LogP contribution in [-0.2, 0) is 0 Å². The summed E-state index contributed by atoms with van der Waals surface area (Å²) in [5, 5.41) is 0. The van der Waals surface area contributed by atoms with Gasteiger partial charge in [0.05, 0.1) is 0 Å². The highest BCUT2D eigenvalue weighted by molar-refractivity contribution is 4.61. The van der Waals surface area contributed by atoms with Crippen molar-refractivity contribution in [3.8, 4) is 0 Å². The molecule has 2 fully saturated rings.